The van der Waals surface area contributed by atoms with Gasteiger partial charge in [0.05, 0.1) is 18.2 Å². The molecule has 1 N–H and O–H groups in total. The molecule has 25 heavy (non-hydrogen) atoms. The predicted molar refractivity (Wildman–Crippen MR) is 96.1 cm³/mol. The predicted octanol–water partition coefficient (Wildman–Crippen LogP) is 4.29. The number of aliphatic hydroxyl groups is 1. The standard InChI is InChI=1S/C18H21Cl2NO4/c19-13-5-1-2-6-14(20)17(13)18-12(11-22)15(25-21-18)8-10-24-16-7-3-4-9-23-16/h1,5-6,16,22H,2-4,7-11H2. The minimum atomic E-state index is -0.213. The first kappa shape index (κ1) is 18.7. The van der Waals surface area contributed by atoms with E-state index in [-0.39, 0.29) is 12.9 Å². The van der Waals surface area contributed by atoms with E-state index in [4.69, 9.17) is 37.2 Å². The summed E-state index contributed by atoms with van der Waals surface area (Å²) in [5.74, 6) is 0.572. The molecule has 0 bridgehead atoms. The lowest BCUT2D eigenvalue weighted by Gasteiger charge is -2.22. The molecule has 7 heteroatoms. The third-order valence-corrected chi connectivity index (χ3v) is 4.87. The first-order valence-electron chi connectivity index (χ1n) is 8.45. The molecule has 0 spiro atoms. The van der Waals surface area contributed by atoms with E-state index in [1.54, 1.807) is 6.08 Å². The van der Waals surface area contributed by atoms with Crippen LogP contribution in [-0.2, 0) is 22.5 Å². The molecule has 0 saturated carbocycles. The van der Waals surface area contributed by atoms with Gasteiger partial charge >= 0.3 is 0 Å². The Morgan fingerprint density at radius 2 is 2.20 bits per heavy atom. The fraction of sp³-hybridized carbons (Fsp3) is 0.500. The van der Waals surface area contributed by atoms with Crippen LogP contribution in [-0.4, -0.2) is 29.8 Å². The first-order chi connectivity index (χ1) is 12.2. The maximum Gasteiger partial charge on any atom is 0.157 e. The Morgan fingerprint density at radius 1 is 1.32 bits per heavy atom. The molecule has 1 aromatic heterocycles. The summed E-state index contributed by atoms with van der Waals surface area (Å²) < 4.78 is 16.7. The second-order valence-electron chi connectivity index (χ2n) is 5.92. The highest BCUT2D eigenvalue weighted by atomic mass is 35.5. The molecule has 0 amide bonds. The lowest BCUT2D eigenvalue weighted by atomic mass is 10.0. The summed E-state index contributed by atoms with van der Waals surface area (Å²) >= 11 is 12.7. The highest BCUT2D eigenvalue weighted by Gasteiger charge is 2.23. The van der Waals surface area contributed by atoms with Crippen molar-refractivity contribution in [1.82, 2.24) is 5.16 Å². The zero-order valence-corrected chi connectivity index (χ0v) is 15.4. The van der Waals surface area contributed by atoms with Gasteiger partial charge in [0.15, 0.2) is 6.29 Å². The lowest BCUT2D eigenvalue weighted by molar-refractivity contribution is -0.162. The van der Waals surface area contributed by atoms with Crippen molar-refractivity contribution in [3.05, 3.63) is 45.3 Å². The molecule has 1 saturated heterocycles. The van der Waals surface area contributed by atoms with Crippen LogP contribution in [0.2, 0.25) is 0 Å². The van der Waals surface area contributed by atoms with Gasteiger partial charge in [0.25, 0.3) is 0 Å². The van der Waals surface area contributed by atoms with Crippen molar-refractivity contribution in [2.45, 2.75) is 45.0 Å². The summed E-state index contributed by atoms with van der Waals surface area (Å²) in [6.07, 6.45) is 9.67. The molecule has 1 atom stereocenters. The van der Waals surface area contributed by atoms with Crippen LogP contribution in [0, 0.1) is 0 Å². The molecule has 1 aromatic rings. The van der Waals surface area contributed by atoms with Gasteiger partial charge in [-0.2, -0.15) is 0 Å². The fourth-order valence-electron chi connectivity index (χ4n) is 2.89. The third-order valence-electron chi connectivity index (χ3n) is 4.21. The number of ether oxygens (including phenoxy) is 2. The van der Waals surface area contributed by atoms with Crippen LogP contribution < -0.4 is 0 Å². The number of rotatable bonds is 6. The average Bonchev–Trinajstić information content (AvgIpc) is 2.94. The maximum atomic E-state index is 9.80. The van der Waals surface area contributed by atoms with Crippen LogP contribution in [0.5, 0.6) is 0 Å². The SMILES string of the molecule is OCc1c(C2=C(Cl)C=CCC=C2Cl)noc1CCOC1CCCCO1. The third kappa shape index (κ3) is 4.54. The van der Waals surface area contributed by atoms with Crippen LogP contribution in [0.4, 0.5) is 0 Å². The van der Waals surface area contributed by atoms with Crippen molar-refractivity contribution in [3.63, 3.8) is 0 Å². The zero-order chi connectivity index (χ0) is 17.6. The van der Waals surface area contributed by atoms with Crippen LogP contribution in [0.3, 0.4) is 0 Å². The van der Waals surface area contributed by atoms with Gasteiger partial charge in [-0.15, -0.1) is 0 Å². The van der Waals surface area contributed by atoms with E-state index in [0.29, 0.717) is 52.1 Å². The molecule has 0 aromatic carbocycles. The van der Waals surface area contributed by atoms with E-state index in [9.17, 15) is 5.11 Å². The first-order valence-corrected chi connectivity index (χ1v) is 9.20. The molecule has 2 heterocycles. The van der Waals surface area contributed by atoms with Gasteiger partial charge in [0, 0.05) is 29.2 Å². The van der Waals surface area contributed by atoms with Crippen LogP contribution in [0.15, 0.2) is 32.8 Å². The Kier molecular flexibility index (Phi) is 6.73. The van der Waals surface area contributed by atoms with Gasteiger partial charge in [-0.1, -0.05) is 40.5 Å². The van der Waals surface area contributed by atoms with E-state index in [2.05, 4.69) is 5.16 Å². The van der Waals surface area contributed by atoms with Crippen molar-refractivity contribution >= 4 is 28.8 Å². The summed E-state index contributed by atoms with van der Waals surface area (Å²) in [4.78, 5) is 0. The smallest absolute Gasteiger partial charge is 0.157 e. The molecular formula is C18H21Cl2NO4. The number of aromatic nitrogens is 1. The van der Waals surface area contributed by atoms with Crippen molar-refractivity contribution in [2.24, 2.45) is 0 Å². The summed E-state index contributed by atoms with van der Waals surface area (Å²) in [6.45, 7) is 0.961. The number of aliphatic hydroxyl groups excluding tert-OH is 1. The van der Waals surface area contributed by atoms with Crippen molar-refractivity contribution in [1.29, 1.82) is 0 Å². The summed E-state index contributed by atoms with van der Waals surface area (Å²) in [6, 6.07) is 0. The summed E-state index contributed by atoms with van der Waals surface area (Å²) in [5, 5.41) is 14.9. The van der Waals surface area contributed by atoms with Gasteiger partial charge < -0.3 is 19.1 Å². The molecule has 3 rings (SSSR count). The fourth-order valence-corrected chi connectivity index (χ4v) is 3.50. The normalized spacial score (nSPS) is 21.4. The number of hydrogen-bond acceptors (Lipinski definition) is 5. The molecule has 1 aliphatic heterocycles. The number of nitrogens with zero attached hydrogens (tertiary/aromatic N) is 1. The zero-order valence-electron chi connectivity index (χ0n) is 13.8. The van der Waals surface area contributed by atoms with Gasteiger partial charge in [-0.25, -0.2) is 0 Å². The maximum absolute atomic E-state index is 9.80. The van der Waals surface area contributed by atoms with Crippen molar-refractivity contribution < 1.29 is 19.1 Å². The molecule has 136 valence electrons. The van der Waals surface area contributed by atoms with Crippen molar-refractivity contribution in [2.75, 3.05) is 13.2 Å². The molecule has 5 nitrogen and oxygen atoms in total. The molecule has 0 radical (unpaired) electrons. The van der Waals surface area contributed by atoms with Gasteiger partial charge in [-0.05, 0) is 31.8 Å². The Balaban J connectivity index is 1.73. The Bertz CT molecular complexity index is 687. The van der Waals surface area contributed by atoms with Gasteiger partial charge in [-0.3, -0.25) is 0 Å². The van der Waals surface area contributed by atoms with E-state index in [1.165, 1.54) is 0 Å². The topological polar surface area (TPSA) is 64.7 Å². The van der Waals surface area contributed by atoms with Crippen LogP contribution >= 0.6 is 23.2 Å². The molecule has 2 aliphatic rings. The monoisotopic (exact) mass is 385 g/mol. The lowest BCUT2D eigenvalue weighted by Crippen LogP contribution is -2.23. The van der Waals surface area contributed by atoms with Crippen LogP contribution in [0.25, 0.3) is 5.57 Å². The van der Waals surface area contributed by atoms with E-state index < -0.39 is 0 Å². The highest BCUT2D eigenvalue weighted by molar-refractivity contribution is 6.42. The second-order valence-corrected chi connectivity index (χ2v) is 6.74. The number of halogens is 2. The Morgan fingerprint density at radius 3 is 2.96 bits per heavy atom. The number of allylic oxidation sites excluding steroid dienone is 6. The average molecular weight is 386 g/mol. The molecule has 1 unspecified atom stereocenters. The minimum absolute atomic E-state index is 0.157. The van der Waals surface area contributed by atoms with Gasteiger partial charge in [0.2, 0.25) is 0 Å². The van der Waals surface area contributed by atoms with Crippen LogP contribution in [0.1, 0.15) is 42.7 Å². The Hall–Kier alpha value is -1.11. The number of hydrogen-bond donors (Lipinski definition) is 1. The molecule has 1 aliphatic carbocycles. The quantitative estimate of drug-likeness (QED) is 0.791. The summed E-state index contributed by atoms with van der Waals surface area (Å²) in [5.41, 5.74) is 1.64. The van der Waals surface area contributed by atoms with E-state index >= 15 is 0 Å². The van der Waals surface area contributed by atoms with E-state index in [1.807, 2.05) is 12.2 Å². The van der Waals surface area contributed by atoms with E-state index in [0.717, 1.165) is 25.9 Å². The molecular weight excluding hydrogens is 365 g/mol. The minimum Gasteiger partial charge on any atom is -0.391 e. The van der Waals surface area contributed by atoms with Gasteiger partial charge in [0.1, 0.15) is 11.5 Å². The second kappa shape index (κ2) is 9.01. The van der Waals surface area contributed by atoms with Crippen molar-refractivity contribution in [3.8, 4) is 0 Å². The largest absolute Gasteiger partial charge is 0.391 e. The Labute approximate surface area is 156 Å². The highest BCUT2D eigenvalue weighted by Crippen LogP contribution is 2.36. The molecule has 1 fully saturated rings. The summed E-state index contributed by atoms with van der Waals surface area (Å²) in [7, 11) is 0.